The van der Waals surface area contributed by atoms with Gasteiger partial charge in [0.15, 0.2) is 0 Å². The molecule has 26 heavy (non-hydrogen) atoms. The van der Waals surface area contributed by atoms with E-state index >= 15 is 0 Å². The summed E-state index contributed by atoms with van der Waals surface area (Å²) in [5, 5.41) is 17.1. The third kappa shape index (κ3) is 5.38. The van der Waals surface area contributed by atoms with Crippen molar-refractivity contribution in [3.05, 3.63) is 69.2 Å². The van der Waals surface area contributed by atoms with Crippen molar-refractivity contribution in [2.45, 2.75) is 13.3 Å². The number of amides is 2. The summed E-state index contributed by atoms with van der Waals surface area (Å²) in [5.74, 6) is -0.866. The predicted octanol–water partition coefficient (Wildman–Crippen LogP) is 3.38. The largest absolute Gasteiger partial charge is 0.326 e. The SMILES string of the molecule is C/C(CC(=O)Nc1ccccc1)=N\NC(=O)c1ccc([N+](=O)[O-])c(Cl)c1. The number of carbonyl (C=O) groups is 2. The van der Waals surface area contributed by atoms with Gasteiger partial charge in [-0.05, 0) is 31.2 Å². The summed E-state index contributed by atoms with van der Waals surface area (Å²) in [7, 11) is 0. The van der Waals surface area contributed by atoms with Gasteiger partial charge in [0.2, 0.25) is 5.91 Å². The second-order valence-corrected chi connectivity index (χ2v) is 5.71. The van der Waals surface area contributed by atoms with Crippen LogP contribution in [-0.2, 0) is 4.79 Å². The van der Waals surface area contributed by atoms with E-state index in [-0.39, 0.29) is 28.6 Å². The van der Waals surface area contributed by atoms with Crippen molar-refractivity contribution in [2.24, 2.45) is 5.10 Å². The molecule has 2 amide bonds. The van der Waals surface area contributed by atoms with Crippen molar-refractivity contribution in [2.75, 3.05) is 5.32 Å². The predicted molar refractivity (Wildman–Crippen MR) is 98.4 cm³/mol. The molecule has 0 atom stereocenters. The van der Waals surface area contributed by atoms with Crippen LogP contribution in [0.3, 0.4) is 0 Å². The number of hydrogen-bond donors (Lipinski definition) is 2. The van der Waals surface area contributed by atoms with E-state index in [1.54, 1.807) is 31.2 Å². The molecule has 2 aromatic carbocycles. The molecule has 2 aromatic rings. The van der Waals surface area contributed by atoms with Crippen molar-refractivity contribution < 1.29 is 14.5 Å². The van der Waals surface area contributed by atoms with Gasteiger partial charge >= 0.3 is 0 Å². The quantitative estimate of drug-likeness (QED) is 0.458. The number of hydrogen-bond acceptors (Lipinski definition) is 5. The Morgan fingerprint density at radius 3 is 2.50 bits per heavy atom. The highest BCUT2D eigenvalue weighted by atomic mass is 35.5. The molecule has 0 saturated carbocycles. The minimum Gasteiger partial charge on any atom is -0.326 e. The molecule has 0 radical (unpaired) electrons. The Bertz CT molecular complexity index is 868. The van der Waals surface area contributed by atoms with Crippen LogP contribution in [0.1, 0.15) is 23.7 Å². The van der Waals surface area contributed by atoms with E-state index in [1.165, 1.54) is 12.1 Å². The van der Waals surface area contributed by atoms with E-state index in [9.17, 15) is 19.7 Å². The van der Waals surface area contributed by atoms with Gasteiger partial charge in [0, 0.05) is 23.0 Å². The topological polar surface area (TPSA) is 114 Å². The Morgan fingerprint density at radius 1 is 1.19 bits per heavy atom. The van der Waals surface area contributed by atoms with Gasteiger partial charge in [-0.1, -0.05) is 29.8 Å². The van der Waals surface area contributed by atoms with Crippen molar-refractivity contribution >= 4 is 40.5 Å². The number of nitro benzene ring substituents is 1. The van der Waals surface area contributed by atoms with Crippen LogP contribution in [0.5, 0.6) is 0 Å². The van der Waals surface area contributed by atoms with Gasteiger partial charge in [-0.15, -0.1) is 0 Å². The lowest BCUT2D eigenvalue weighted by Crippen LogP contribution is -2.21. The van der Waals surface area contributed by atoms with Crippen LogP contribution < -0.4 is 10.7 Å². The van der Waals surface area contributed by atoms with Crippen molar-refractivity contribution in [1.29, 1.82) is 0 Å². The molecule has 134 valence electrons. The molecule has 0 fully saturated rings. The van der Waals surface area contributed by atoms with E-state index in [1.807, 2.05) is 6.07 Å². The van der Waals surface area contributed by atoms with Gasteiger partial charge in [-0.3, -0.25) is 19.7 Å². The zero-order valence-corrected chi connectivity index (χ0v) is 14.5. The monoisotopic (exact) mass is 374 g/mol. The fraction of sp³-hybridized carbons (Fsp3) is 0.118. The number of nitrogens with one attached hydrogen (secondary N) is 2. The first kappa shape index (κ1) is 19.1. The molecule has 0 bridgehead atoms. The molecule has 0 aliphatic heterocycles. The second-order valence-electron chi connectivity index (χ2n) is 5.30. The molecule has 0 unspecified atom stereocenters. The van der Waals surface area contributed by atoms with Crippen LogP contribution in [0.4, 0.5) is 11.4 Å². The van der Waals surface area contributed by atoms with Crippen LogP contribution in [0.15, 0.2) is 53.6 Å². The summed E-state index contributed by atoms with van der Waals surface area (Å²) in [4.78, 5) is 34.0. The van der Waals surface area contributed by atoms with Crippen LogP contribution in [-0.4, -0.2) is 22.4 Å². The highest BCUT2D eigenvalue weighted by Gasteiger charge is 2.15. The number of nitro groups is 1. The van der Waals surface area contributed by atoms with Crippen LogP contribution in [0.25, 0.3) is 0 Å². The maximum atomic E-state index is 12.0. The molecule has 8 nitrogen and oxygen atoms in total. The third-order valence-electron chi connectivity index (χ3n) is 3.23. The van der Waals surface area contributed by atoms with E-state index < -0.39 is 10.8 Å². The molecular formula is C17H15ClN4O4. The van der Waals surface area contributed by atoms with Crippen molar-refractivity contribution in [3.8, 4) is 0 Å². The Morgan fingerprint density at radius 2 is 1.88 bits per heavy atom. The zero-order valence-electron chi connectivity index (χ0n) is 13.7. The third-order valence-corrected chi connectivity index (χ3v) is 3.53. The Hall–Kier alpha value is -3.26. The smallest absolute Gasteiger partial charge is 0.287 e. The number of benzene rings is 2. The number of nitrogens with zero attached hydrogens (tertiary/aromatic N) is 2. The van der Waals surface area contributed by atoms with E-state index in [0.29, 0.717) is 11.4 Å². The van der Waals surface area contributed by atoms with E-state index in [2.05, 4.69) is 15.8 Å². The maximum Gasteiger partial charge on any atom is 0.287 e. The number of hydrazone groups is 1. The molecule has 0 aromatic heterocycles. The van der Waals surface area contributed by atoms with Crippen molar-refractivity contribution in [3.63, 3.8) is 0 Å². The minimum atomic E-state index is -0.641. The van der Waals surface area contributed by atoms with Crippen LogP contribution >= 0.6 is 11.6 Å². The molecule has 0 aliphatic carbocycles. The Kier molecular flexibility index (Phi) is 6.40. The maximum absolute atomic E-state index is 12.0. The van der Waals surface area contributed by atoms with Gasteiger partial charge in [0.05, 0.1) is 11.3 Å². The van der Waals surface area contributed by atoms with Gasteiger partial charge in [0.1, 0.15) is 5.02 Å². The molecule has 0 spiro atoms. The highest BCUT2D eigenvalue weighted by molar-refractivity contribution is 6.33. The number of carbonyl (C=O) groups excluding carboxylic acids is 2. The first-order valence-electron chi connectivity index (χ1n) is 7.49. The lowest BCUT2D eigenvalue weighted by molar-refractivity contribution is -0.384. The lowest BCUT2D eigenvalue weighted by atomic mass is 10.2. The van der Waals surface area contributed by atoms with E-state index in [0.717, 1.165) is 6.07 Å². The number of anilines is 1. The highest BCUT2D eigenvalue weighted by Crippen LogP contribution is 2.24. The summed E-state index contributed by atoms with van der Waals surface area (Å²) in [6.07, 6.45) is -0.00378. The summed E-state index contributed by atoms with van der Waals surface area (Å²) in [5.41, 5.74) is 3.16. The van der Waals surface area contributed by atoms with E-state index in [4.69, 9.17) is 11.6 Å². The summed E-state index contributed by atoms with van der Waals surface area (Å²) in [6, 6.07) is 12.5. The Labute approximate surface area is 154 Å². The summed E-state index contributed by atoms with van der Waals surface area (Å²) in [6.45, 7) is 1.59. The second kappa shape index (κ2) is 8.72. The standard InChI is InChI=1S/C17H15ClN4O4/c1-11(9-16(23)19-13-5-3-2-4-6-13)20-21-17(24)12-7-8-15(22(25)26)14(18)10-12/h2-8,10H,9H2,1H3,(H,19,23)(H,21,24)/b20-11+. The van der Waals surface area contributed by atoms with Crippen LogP contribution in [0, 0.1) is 10.1 Å². The zero-order chi connectivity index (χ0) is 19.1. The fourth-order valence-electron chi connectivity index (χ4n) is 2.01. The van der Waals surface area contributed by atoms with Gasteiger partial charge in [0.25, 0.3) is 11.6 Å². The first-order chi connectivity index (χ1) is 12.4. The first-order valence-corrected chi connectivity index (χ1v) is 7.87. The molecular weight excluding hydrogens is 360 g/mol. The molecule has 2 rings (SSSR count). The molecule has 9 heteroatoms. The normalized spacial score (nSPS) is 10.9. The molecule has 0 aliphatic rings. The Balaban J connectivity index is 1.93. The average molecular weight is 375 g/mol. The minimum absolute atomic E-state index is 0.00378. The van der Waals surface area contributed by atoms with Crippen molar-refractivity contribution in [1.82, 2.24) is 5.43 Å². The molecule has 0 saturated heterocycles. The lowest BCUT2D eigenvalue weighted by Gasteiger charge is -2.05. The molecule has 0 heterocycles. The average Bonchev–Trinajstić information content (AvgIpc) is 2.60. The summed E-state index contributed by atoms with van der Waals surface area (Å²) < 4.78 is 0. The molecule has 2 N–H and O–H groups in total. The van der Waals surface area contributed by atoms with Gasteiger partial charge < -0.3 is 5.32 Å². The number of para-hydroxylation sites is 1. The van der Waals surface area contributed by atoms with Gasteiger partial charge in [-0.25, -0.2) is 5.43 Å². The van der Waals surface area contributed by atoms with Crippen LogP contribution in [0.2, 0.25) is 5.02 Å². The van der Waals surface area contributed by atoms with Gasteiger partial charge in [-0.2, -0.15) is 5.10 Å². The number of halogens is 1. The number of rotatable bonds is 6. The fourth-order valence-corrected chi connectivity index (χ4v) is 2.26. The summed E-state index contributed by atoms with van der Waals surface area (Å²) >= 11 is 5.77.